The minimum atomic E-state index is 0.0646. The fourth-order valence-corrected chi connectivity index (χ4v) is 3.81. The number of carbonyl (C=O) groups is 1. The van der Waals surface area contributed by atoms with E-state index in [1.54, 1.807) is 0 Å². The molecule has 1 unspecified atom stereocenters. The average Bonchev–Trinajstić information content (AvgIpc) is 3.03. The zero-order valence-electron chi connectivity index (χ0n) is 14.5. The Morgan fingerprint density at radius 2 is 1.96 bits per heavy atom. The van der Waals surface area contributed by atoms with Crippen molar-refractivity contribution in [3.05, 3.63) is 12.2 Å². The standard InChI is InChI=1S/C17H28N4O2/c1-17(2,3)11-21-8-4-5-14(16(21)22)20-9-6-13(7-10-20)15-18-12-19-23-15/h12-14H,4-11H2,1-3H3. The molecular weight excluding hydrogens is 292 g/mol. The van der Waals surface area contributed by atoms with Crippen LogP contribution in [-0.4, -0.2) is 58.1 Å². The number of likely N-dealkylation sites (tertiary alicyclic amines) is 2. The van der Waals surface area contributed by atoms with Gasteiger partial charge in [-0.25, -0.2) is 0 Å². The van der Waals surface area contributed by atoms with E-state index in [-0.39, 0.29) is 11.5 Å². The lowest BCUT2D eigenvalue weighted by molar-refractivity contribution is -0.142. The Labute approximate surface area is 138 Å². The van der Waals surface area contributed by atoms with Crippen LogP contribution < -0.4 is 0 Å². The molecule has 2 fully saturated rings. The van der Waals surface area contributed by atoms with Gasteiger partial charge in [-0.15, -0.1) is 0 Å². The van der Waals surface area contributed by atoms with E-state index in [1.165, 1.54) is 6.33 Å². The Bertz CT molecular complexity index is 515. The number of aromatic nitrogens is 2. The maximum absolute atomic E-state index is 12.9. The van der Waals surface area contributed by atoms with E-state index in [0.29, 0.717) is 11.8 Å². The molecule has 23 heavy (non-hydrogen) atoms. The molecule has 6 heteroatoms. The van der Waals surface area contributed by atoms with Crippen LogP contribution in [0, 0.1) is 5.41 Å². The summed E-state index contributed by atoms with van der Waals surface area (Å²) in [6.45, 7) is 10.2. The van der Waals surface area contributed by atoms with Crippen molar-refractivity contribution in [1.29, 1.82) is 0 Å². The van der Waals surface area contributed by atoms with Gasteiger partial charge in [0.25, 0.3) is 0 Å². The number of hydrogen-bond acceptors (Lipinski definition) is 5. The van der Waals surface area contributed by atoms with Gasteiger partial charge in [-0.1, -0.05) is 25.9 Å². The average molecular weight is 320 g/mol. The van der Waals surface area contributed by atoms with Gasteiger partial charge in [-0.2, -0.15) is 4.98 Å². The molecule has 2 aliphatic heterocycles. The van der Waals surface area contributed by atoms with E-state index in [4.69, 9.17) is 4.52 Å². The van der Waals surface area contributed by atoms with Crippen LogP contribution >= 0.6 is 0 Å². The molecule has 1 atom stereocenters. The summed E-state index contributed by atoms with van der Waals surface area (Å²) in [5, 5.41) is 3.70. The SMILES string of the molecule is CC(C)(C)CN1CCCC(N2CCC(c3ncno3)CC2)C1=O. The van der Waals surface area contributed by atoms with Gasteiger partial charge in [-0.05, 0) is 44.2 Å². The van der Waals surface area contributed by atoms with Crippen molar-refractivity contribution >= 4 is 5.91 Å². The fraction of sp³-hybridized carbons (Fsp3) is 0.824. The highest BCUT2D eigenvalue weighted by molar-refractivity contribution is 5.82. The molecule has 3 heterocycles. The van der Waals surface area contributed by atoms with Gasteiger partial charge in [0, 0.05) is 19.0 Å². The fourth-order valence-electron chi connectivity index (χ4n) is 3.81. The molecule has 128 valence electrons. The van der Waals surface area contributed by atoms with Gasteiger partial charge < -0.3 is 9.42 Å². The van der Waals surface area contributed by atoms with Crippen molar-refractivity contribution in [2.75, 3.05) is 26.2 Å². The second-order valence-corrected chi connectivity index (χ2v) is 8.07. The van der Waals surface area contributed by atoms with Gasteiger partial charge in [0.05, 0.1) is 6.04 Å². The number of rotatable bonds is 3. The highest BCUT2D eigenvalue weighted by Crippen LogP contribution is 2.30. The lowest BCUT2D eigenvalue weighted by atomic mass is 9.91. The highest BCUT2D eigenvalue weighted by Gasteiger charge is 2.37. The predicted octanol–water partition coefficient (Wildman–Crippen LogP) is 2.29. The third-order valence-electron chi connectivity index (χ3n) is 4.87. The molecule has 6 nitrogen and oxygen atoms in total. The van der Waals surface area contributed by atoms with Gasteiger partial charge in [0.1, 0.15) is 0 Å². The second kappa shape index (κ2) is 6.59. The molecule has 2 saturated heterocycles. The summed E-state index contributed by atoms with van der Waals surface area (Å²) in [6.07, 6.45) is 5.55. The van der Waals surface area contributed by atoms with Gasteiger partial charge in [0.2, 0.25) is 11.8 Å². The quantitative estimate of drug-likeness (QED) is 0.855. The van der Waals surface area contributed by atoms with Crippen LogP contribution in [-0.2, 0) is 4.79 Å². The molecule has 1 amide bonds. The minimum absolute atomic E-state index is 0.0646. The first kappa shape index (κ1) is 16.4. The molecule has 0 N–H and O–H groups in total. The van der Waals surface area contributed by atoms with Crippen molar-refractivity contribution in [1.82, 2.24) is 19.9 Å². The third-order valence-corrected chi connectivity index (χ3v) is 4.87. The molecule has 0 aliphatic carbocycles. The first-order valence-electron chi connectivity index (χ1n) is 8.73. The summed E-state index contributed by atoms with van der Waals surface area (Å²) in [5.74, 6) is 1.41. The zero-order chi connectivity index (χ0) is 16.4. The molecular formula is C17H28N4O2. The number of nitrogens with zero attached hydrogens (tertiary/aromatic N) is 4. The topological polar surface area (TPSA) is 62.5 Å². The first-order chi connectivity index (χ1) is 10.9. The Morgan fingerprint density at radius 1 is 1.22 bits per heavy atom. The van der Waals surface area contributed by atoms with Crippen LogP contribution in [0.15, 0.2) is 10.9 Å². The number of hydrogen-bond donors (Lipinski definition) is 0. The monoisotopic (exact) mass is 320 g/mol. The van der Waals surface area contributed by atoms with Gasteiger partial charge >= 0.3 is 0 Å². The number of piperidine rings is 2. The van der Waals surface area contributed by atoms with Crippen LogP contribution in [0.4, 0.5) is 0 Å². The van der Waals surface area contributed by atoms with Crippen LogP contribution in [0.3, 0.4) is 0 Å². The zero-order valence-corrected chi connectivity index (χ0v) is 14.5. The largest absolute Gasteiger partial charge is 0.341 e. The summed E-state index contributed by atoms with van der Waals surface area (Å²) in [6, 6.07) is 0.0646. The maximum atomic E-state index is 12.9. The minimum Gasteiger partial charge on any atom is -0.341 e. The third kappa shape index (κ3) is 3.91. The van der Waals surface area contributed by atoms with Crippen molar-refractivity contribution in [2.24, 2.45) is 5.41 Å². The van der Waals surface area contributed by atoms with E-state index in [0.717, 1.165) is 57.8 Å². The molecule has 0 aromatic carbocycles. The van der Waals surface area contributed by atoms with Gasteiger partial charge in [0.15, 0.2) is 6.33 Å². The Hall–Kier alpha value is -1.43. The molecule has 3 rings (SSSR count). The summed E-state index contributed by atoms with van der Waals surface area (Å²) < 4.78 is 5.19. The normalized spacial score (nSPS) is 25.1. The molecule has 0 spiro atoms. The van der Waals surface area contributed by atoms with E-state index < -0.39 is 0 Å². The Balaban J connectivity index is 1.58. The van der Waals surface area contributed by atoms with Crippen molar-refractivity contribution in [3.63, 3.8) is 0 Å². The smallest absolute Gasteiger partial charge is 0.239 e. The van der Waals surface area contributed by atoms with E-state index >= 15 is 0 Å². The van der Waals surface area contributed by atoms with Crippen molar-refractivity contribution in [2.45, 2.75) is 58.4 Å². The summed E-state index contributed by atoms with van der Waals surface area (Å²) >= 11 is 0. The molecule has 0 bridgehead atoms. The van der Waals surface area contributed by atoms with E-state index in [1.807, 2.05) is 0 Å². The van der Waals surface area contributed by atoms with Crippen LogP contribution in [0.1, 0.15) is 58.3 Å². The molecule has 1 aromatic rings. The summed E-state index contributed by atoms with van der Waals surface area (Å²) in [7, 11) is 0. The van der Waals surface area contributed by atoms with E-state index in [9.17, 15) is 4.79 Å². The Kier molecular flexibility index (Phi) is 4.71. The molecule has 0 saturated carbocycles. The lowest BCUT2D eigenvalue weighted by Crippen LogP contribution is -2.55. The van der Waals surface area contributed by atoms with Crippen molar-refractivity contribution < 1.29 is 9.32 Å². The Morgan fingerprint density at radius 3 is 2.57 bits per heavy atom. The summed E-state index contributed by atoms with van der Waals surface area (Å²) in [4.78, 5) is 21.5. The highest BCUT2D eigenvalue weighted by atomic mass is 16.5. The number of carbonyl (C=O) groups excluding carboxylic acids is 1. The maximum Gasteiger partial charge on any atom is 0.239 e. The molecule has 1 aromatic heterocycles. The summed E-state index contributed by atoms with van der Waals surface area (Å²) in [5.41, 5.74) is 0.155. The lowest BCUT2D eigenvalue weighted by Gasteiger charge is -2.42. The van der Waals surface area contributed by atoms with E-state index in [2.05, 4.69) is 40.7 Å². The predicted molar refractivity (Wildman–Crippen MR) is 86.9 cm³/mol. The molecule has 2 aliphatic rings. The molecule has 0 radical (unpaired) electrons. The van der Waals surface area contributed by atoms with Crippen LogP contribution in [0.5, 0.6) is 0 Å². The van der Waals surface area contributed by atoms with Crippen molar-refractivity contribution in [3.8, 4) is 0 Å². The first-order valence-corrected chi connectivity index (χ1v) is 8.73. The second-order valence-electron chi connectivity index (χ2n) is 8.07. The van der Waals surface area contributed by atoms with Gasteiger partial charge in [-0.3, -0.25) is 9.69 Å². The van der Waals surface area contributed by atoms with Crippen LogP contribution in [0.25, 0.3) is 0 Å². The van der Waals surface area contributed by atoms with Crippen LogP contribution in [0.2, 0.25) is 0 Å². The number of amides is 1.